The van der Waals surface area contributed by atoms with Gasteiger partial charge in [0.15, 0.2) is 5.82 Å². The summed E-state index contributed by atoms with van der Waals surface area (Å²) >= 11 is 6.45. The molecule has 1 amide bonds. The van der Waals surface area contributed by atoms with Crippen LogP contribution in [0, 0.1) is 0 Å². The van der Waals surface area contributed by atoms with Crippen molar-refractivity contribution in [3.8, 4) is 11.5 Å². The first-order chi connectivity index (χ1) is 19.1. The van der Waals surface area contributed by atoms with Crippen LogP contribution in [0.1, 0.15) is 13.8 Å². The van der Waals surface area contributed by atoms with Crippen molar-refractivity contribution in [2.24, 2.45) is 0 Å². The molecule has 0 saturated carbocycles. The lowest BCUT2D eigenvalue weighted by molar-refractivity contribution is -0.111. The molecule has 3 N–H and O–H groups in total. The van der Waals surface area contributed by atoms with Gasteiger partial charge in [0, 0.05) is 30.2 Å². The summed E-state index contributed by atoms with van der Waals surface area (Å²) in [5.74, 6) is 1.05. The maximum absolute atomic E-state index is 13.5. The number of hydrogen-bond acceptors (Lipinski definition) is 9. The average molecular weight is 587 g/mol. The zero-order chi connectivity index (χ0) is 29.3. The van der Waals surface area contributed by atoms with Crippen LogP contribution in [0.4, 0.5) is 28.8 Å². The molecule has 0 aliphatic heterocycles. The van der Waals surface area contributed by atoms with E-state index >= 15 is 0 Å². The lowest BCUT2D eigenvalue weighted by Gasteiger charge is -2.20. The van der Waals surface area contributed by atoms with Crippen molar-refractivity contribution < 1.29 is 18.8 Å². The molecule has 40 heavy (non-hydrogen) atoms. The number of likely N-dealkylation sites (N-methyl/N-ethyl adjacent to an activating group) is 1. The number of carbonyl (C=O) groups excluding carboxylic acids is 1. The number of ether oxygens (including phenoxy) is 2. The first-order valence-corrected chi connectivity index (χ1v) is 15.3. The third-order valence-corrected chi connectivity index (χ3v) is 9.74. The quantitative estimate of drug-likeness (QED) is 0.161. The molecule has 2 aromatic carbocycles. The summed E-state index contributed by atoms with van der Waals surface area (Å²) in [4.78, 5) is 23.0. The monoisotopic (exact) mass is 586 g/mol. The number of methoxy groups -OCH3 is 1. The number of nitrogens with zero attached hydrogens (tertiary/aromatic N) is 3. The standard InChI is InChI=1S/C28H36ClN6O4P/c1-7-26(36)31-22-16-21(23(38-6)17-24(22)39-15-14-35(4)5)33-28-30-18-19(29)27(34-28)32-20-12-10-11-13-25(20)40(37,8-2)9-3/h7,10-13,16-18H,1,8-9,14-15H2,2-6H3,(H,31,36)(H2,30,32,33,34). The molecule has 0 spiro atoms. The summed E-state index contributed by atoms with van der Waals surface area (Å²) in [6, 6.07) is 10.8. The molecule has 0 unspecified atom stereocenters. The predicted octanol–water partition coefficient (Wildman–Crippen LogP) is 5.72. The Kier molecular flexibility index (Phi) is 11.0. The molecule has 0 saturated heterocycles. The van der Waals surface area contributed by atoms with Crippen molar-refractivity contribution in [1.82, 2.24) is 14.9 Å². The summed E-state index contributed by atoms with van der Waals surface area (Å²) in [6.07, 6.45) is 3.74. The van der Waals surface area contributed by atoms with Crippen LogP contribution in [0.3, 0.4) is 0 Å². The van der Waals surface area contributed by atoms with E-state index in [0.29, 0.717) is 64.9 Å². The molecule has 0 bridgehead atoms. The smallest absolute Gasteiger partial charge is 0.247 e. The third-order valence-electron chi connectivity index (χ3n) is 6.15. The zero-order valence-electron chi connectivity index (χ0n) is 23.5. The molecular weight excluding hydrogens is 551 g/mol. The summed E-state index contributed by atoms with van der Waals surface area (Å²) < 4.78 is 25.0. The Balaban J connectivity index is 1.96. The Morgan fingerprint density at radius 1 is 1.10 bits per heavy atom. The number of benzene rings is 2. The van der Waals surface area contributed by atoms with Gasteiger partial charge in [0.2, 0.25) is 11.9 Å². The van der Waals surface area contributed by atoms with Gasteiger partial charge in [0.1, 0.15) is 30.3 Å². The van der Waals surface area contributed by atoms with E-state index in [-0.39, 0.29) is 5.95 Å². The lowest BCUT2D eigenvalue weighted by atomic mass is 10.2. The van der Waals surface area contributed by atoms with E-state index in [1.807, 2.05) is 57.1 Å². The van der Waals surface area contributed by atoms with E-state index in [2.05, 4.69) is 32.5 Å². The molecule has 10 nitrogen and oxygen atoms in total. The summed E-state index contributed by atoms with van der Waals surface area (Å²) in [5, 5.41) is 10.2. The van der Waals surface area contributed by atoms with Gasteiger partial charge in [-0.2, -0.15) is 4.98 Å². The molecule has 3 aromatic rings. The summed E-state index contributed by atoms with van der Waals surface area (Å²) in [7, 11) is 2.83. The molecule has 0 fully saturated rings. The highest BCUT2D eigenvalue weighted by atomic mass is 35.5. The molecule has 1 heterocycles. The molecule has 0 aliphatic carbocycles. The van der Waals surface area contributed by atoms with Crippen LogP contribution in [0.25, 0.3) is 0 Å². The molecule has 1 aromatic heterocycles. The number of carbonyl (C=O) groups is 1. The van der Waals surface area contributed by atoms with Crippen molar-refractivity contribution >= 4 is 58.8 Å². The summed E-state index contributed by atoms with van der Waals surface area (Å²) in [5.41, 5.74) is 1.58. The number of aromatic nitrogens is 2. The van der Waals surface area contributed by atoms with Gasteiger partial charge >= 0.3 is 0 Å². The molecule has 0 atom stereocenters. The Labute approximate surface area is 240 Å². The number of nitrogens with one attached hydrogen (secondary N) is 3. The Morgan fingerprint density at radius 3 is 2.48 bits per heavy atom. The highest BCUT2D eigenvalue weighted by Gasteiger charge is 2.24. The Bertz CT molecular complexity index is 1390. The fourth-order valence-electron chi connectivity index (χ4n) is 3.83. The van der Waals surface area contributed by atoms with Crippen molar-refractivity contribution in [1.29, 1.82) is 0 Å². The normalized spacial score (nSPS) is 11.2. The molecule has 214 valence electrons. The van der Waals surface area contributed by atoms with Crippen LogP contribution < -0.4 is 30.7 Å². The van der Waals surface area contributed by atoms with E-state index in [4.69, 9.17) is 21.1 Å². The molecule has 0 radical (unpaired) electrons. The van der Waals surface area contributed by atoms with E-state index < -0.39 is 13.0 Å². The Morgan fingerprint density at radius 2 is 1.82 bits per heavy atom. The van der Waals surface area contributed by atoms with Gasteiger partial charge in [-0.05, 0) is 38.4 Å². The molecular formula is C28H36ClN6O4P. The topological polar surface area (TPSA) is 118 Å². The highest BCUT2D eigenvalue weighted by molar-refractivity contribution is 7.71. The number of amides is 1. The van der Waals surface area contributed by atoms with Crippen LogP contribution in [-0.2, 0) is 9.36 Å². The van der Waals surface area contributed by atoms with Crippen LogP contribution >= 0.6 is 18.7 Å². The molecule has 0 aliphatic rings. The number of halogens is 1. The third kappa shape index (κ3) is 7.75. The fourth-order valence-corrected chi connectivity index (χ4v) is 6.02. The van der Waals surface area contributed by atoms with Gasteiger partial charge in [-0.15, -0.1) is 0 Å². The maximum atomic E-state index is 13.5. The van der Waals surface area contributed by atoms with Crippen LogP contribution in [-0.4, -0.2) is 67.5 Å². The lowest BCUT2D eigenvalue weighted by Crippen LogP contribution is -2.20. The highest BCUT2D eigenvalue weighted by Crippen LogP contribution is 2.46. The largest absolute Gasteiger partial charge is 0.494 e. The first-order valence-electron chi connectivity index (χ1n) is 12.8. The number of anilines is 5. The maximum Gasteiger partial charge on any atom is 0.247 e. The zero-order valence-corrected chi connectivity index (χ0v) is 25.1. The second-order valence-corrected chi connectivity index (χ2v) is 13.0. The Hall–Kier alpha value is -3.59. The van der Waals surface area contributed by atoms with Crippen LogP contribution in [0.5, 0.6) is 11.5 Å². The van der Waals surface area contributed by atoms with Crippen LogP contribution in [0.2, 0.25) is 5.02 Å². The van der Waals surface area contributed by atoms with Crippen molar-refractivity contribution in [2.45, 2.75) is 13.8 Å². The van der Waals surface area contributed by atoms with Gasteiger partial charge < -0.3 is 34.9 Å². The summed E-state index contributed by atoms with van der Waals surface area (Å²) in [6.45, 7) is 8.46. The number of hydrogen-bond donors (Lipinski definition) is 3. The van der Waals surface area contributed by atoms with Gasteiger partial charge in [-0.25, -0.2) is 4.98 Å². The fraction of sp³-hybridized carbons (Fsp3) is 0.321. The average Bonchev–Trinajstić information content (AvgIpc) is 2.95. The minimum atomic E-state index is -2.58. The SMILES string of the molecule is C=CC(=O)Nc1cc(Nc2ncc(Cl)c(Nc3ccccc3P(=O)(CC)CC)n2)c(OC)cc1OCCN(C)C. The minimum Gasteiger partial charge on any atom is -0.494 e. The molecule has 12 heteroatoms. The van der Waals surface area contributed by atoms with E-state index in [9.17, 15) is 9.36 Å². The van der Waals surface area contributed by atoms with Gasteiger partial charge in [-0.3, -0.25) is 4.79 Å². The van der Waals surface area contributed by atoms with E-state index in [1.165, 1.54) is 19.4 Å². The first kappa shape index (κ1) is 30.9. The van der Waals surface area contributed by atoms with Gasteiger partial charge in [-0.1, -0.05) is 44.2 Å². The van der Waals surface area contributed by atoms with Crippen LogP contribution in [0.15, 0.2) is 55.3 Å². The van der Waals surface area contributed by atoms with Crippen molar-refractivity contribution in [3.63, 3.8) is 0 Å². The minimum absolute atomic E-state index is 0.221. The van der Waals surface area contributed by atoms with E-state index in [0.717, 1.165) is 5.30 Å². The second-order valence-electron chi connectivity index (χ2n) is 9.07. The molecule has 3 rings (SSSR count). The van der Waals surface area contributed by atoms with Crippen molar-refractivity contribution in [3.05, 3.63) is 60.3 Å². The second kappa shape index (κ2) is 14.2. The number of para-hydroxylation sites is 1. The van der Waals surface area contributed by atoms with E-state index in [1.54, 1.807) is 12.1 Å². The van der Waals surface area contributed by atoms with Gasteiger partial charge in [0.25, 0.3) is 0 Å². The number of rotatable bonds is 14. The van der Waals surface area contributed by atoms with Crippen molar-refractivity contribution in [2.75, 3.05) is 62.6 Å². The predicted molar refractivity (Wildman–Crippen MR) is 164 cm³/mol. The van der Waals surface area contributed by atoms with Gasteiger partial charge in [0.05, 0.1) is 30.4 Å².